The first-order valence-corrected chi connectivity index (χ1v) is 14.1. The quantitative estimate of drug-likeness (QED) is 0.300. The molecule has 41 heavy (non-hydrogen) atoms. The Hall–Kier alpha value is -3.87. The number of pyridine rings is 1. The van der Waals surface area contributed by atoms with Gasteiger partial charge in [0.15, 0.2) is 0 Å². The van der Waals surface area contributed by atoms with Crippen LogP contribution in [0.3, 0.4) is 0 Å². The van der Waals surface area contributed by atoms with Crippen LogP contribution in [-0.4, -0.2) is 52.5 Å². The monoisotopic (exact) mass is 593 g/mol. The number of halogens is 4. The number of anilines is 3. The Morgan fingerprint density at radius 3 is 2.24 bits per heavy atom. The summed E-state index contributed by atoms with van der Waals surface area (Å²) in [6.07, 6.45) is -4.63. The van der Waals surface area contributed by atoms with Crippen LogP contribution < -0.4 is 19.4 Å². The number of alkyl halides is 3. The molecule has 13 heteroatoms. The molecule has 1 N–H and O–H groups in total. The van der Waals surface area contributed by atoms with E-state index in [4.69, 9.17) is 0 Å². The average molecular weight is 594 g/mol. The fraction of sp³-hybridized carbons (Fsp3) is 0.357. The Kier molecular flexibility index (Phi) is 9.05. The number of hydrogen-bond donors (Lipinski definition) is 2. The summed E-state index contributed by atoms with van der Waals surface area (Å²) in [7, 11) is -1.82. The van der Waals surface area contributed by atoms with Crippen LogP contribution in [0.4, 0.5) is 34.8 Å². The Bertz CT molecular complexity index is 1460. The summed E-state index contributed by atoms with van der Waals surface area (Å²) in [5.41, 5.74) is 1.74. The lowest BCUT2D eigenvalue weighted by Gasteiger charge is -2.37. The lowest BCUT2D eigenvalue weighted by atomic mass is 9.99. The van der Waals surface area contributed by atoms with E-state index in [-0.39, 0.29) is 18.1 Å². The van der Waals surface area contributed by atoms with E-state index in [1.807, 2.05) is 31.2 Å². The van der Waals surface area contributed by atoms with Crippen LogP contribution in [0, 0.1) is 12.7 Å². The molecule has 0 saturated carbocycles. The average Bonchev–Trinajstić information content (AvgIpc) is 2.95. The van der Waals surface area contributed by atoms with Crippen molar-refractivity contribution >= 4 is 34.0 Å². The fourth-order valence-corrected chi connectivity index (χ4v) is 4.95. The molecule has 1 amide bonds. The molecule has 1 aliphatic rings. The summed E-state index contributed by atoms with van der Waals surface area (Å²) in [4.78, 5) is 20.8. The van der Waals surface area contributed by atoms with Crippen molar-refractivity contribution < 1.29 is 30.8 Å². The third-order valence-corrected chi connectivity index (χ3v) is 7.84. The Morgan fingerprint density at radius 1 is 1.02 bits per heavy atom. The summed E-state index contributed by atoms with van der Waals surface area (Å²) in [5.74, 6) is -1.94. The molecule has 4 rings (SSSR count). The number of nitrogens with zero attached hydrogens (tertiary/aromatic N) is 4. The van der Waals surface area contributed by atoms with Gasteiger partial charge in [-0.05, 0) is 49.7 Å². The highest BCUT2D eigenvalue weighted by Crippen LogP contribution is 2.32. The van der Waals surface area contributed by atoms with E-state index in [1.165, 1.54) is 25.2 Å². The van der Waals surface area contributed by atoms with E-state index < -0.39 is 40.4 Å². The molecular weight excluding hydrogens is 562 g/mol. The molecule has 0 radical (unpaired) electrons. The second-order valence-corrected chi connectivity index (χ2v) is 11.0. The molecule has 1 aliphatic heterocycles. The maximum absolute atomic E-state index is 14.5. The van der Waals surface area contributed by atoms with Gasteiger partial charge in [-0.1, -0.05) is 29.8 Å². The van der Waals surface area contributed by atoms with Gasteiger partial charge in [0, 0.05) is 51.0 Å². The number of amides is 1. The molecule has 0 spiro atoms. The maximum atomic E-state index is 14.5. The van der Waals surface area contributed by atoms with Crippen LogP contribution in [0.15, 0.2) is 54.6 Å². The van der Waals surface area contributed by atoms with Gasteiger partial charge in [0.25, 0.3) is 0 Å². The number of aromatic nitrogens is 1. The highest BCUT2D eigenvalue weighted by Gasteiger charge is 2.34. The highest BCUT2D eigenvalue weighted by atomic mass is 32.2. The van der Waals surface area contributed by atoms with Gasteiger partial charge in [-0.25, -0.2) is 17.8 Å². The SMILES string of the molecule is Cc1ccc(N2CCN(c3nc(C(F)(F)F)ccc3CNC(=O)C(C)c3ccc(N(C)[SH](=O)=O)c(F)c3)CC2)cc1. The van der Waals surface area contributed by atoms with Gasteiger partial charge in [0.2, 0.25) is 16.8 Å². The van der Waals surface area contributed by atoms with Crippen molar-refractivity contribution in [3.8, 4) is 0 Å². The number of carbonyl (C=O) groups excluding carboxylic acids is 1. The molecule has 1 saturated heterocycles. The zero-order valence-electron chi connectivity index (χ0n) is 22.8. The maximum Gasteiger partial charge on any atom is 0.433 e. The minimum Gasteiger partial charge on any atom is -0.368 e. The van der Waals surface area contributed by atoms with Gasteiger partial charge in [-0.2, -0.15) is 13.2 Å². The van der Waals surface area contributed by atoms with Crippen molar-refractivity contribution in [2.75, 3.05) is 47.3 Å². The van der Waals surface area contributed by atoms with Gasteiger partial charge in [-0.15, -0.1) is 0 Å². The van der Waals surface area contributed by atoms with Crippen molar-refractivity contribution in [3.63, 3.8) is 0 Å². The predicted molar refractivity (Wildman–Crippen MR) is 150 cm³/mol. The van der Waals surface area contributed by atoms with Gasteiger partial charge in [0.05, 0.1) is 11.6 Å². The van der Waals surface area contributed by atoms with Gasteiger partial charge >= 0.3 is 6.18 Å². The van der Waals surface area contributed by atoms with Crippen molar-refractivity contribution in [1.82, 2.24) is 10.3 Å². The van der Waals surface area contributed by atoms with Gasteiger partial charge in [-0.3, -0.25) is 9.10 Å². The van der Waals surface area contributed by atoms with E-state index in [2.05, 4.69) is 15.2 Å². The number of rotatable bonds is 8. The first-order valence-electron chi connectivity index (χ1n) is 12.9. The molecule has 0 aliphatic carbocycles. The van der Waals surface area contributed by atoms with Crippen LogP contribution in [0.2, 0.25) is 0 Å². The Morgan fingerprint density at radius 2 is 1.66 bits per heavy atom. The number of hydrogen-bond acceptors (Lipinski definition) is 6. The predicted octanol–water partition coefficient (Wildman–Crippen LogP) is 4.26. The second kappa shape index (κ2) is 12.3. The lowest BCUT2D eigenvalue weighted by molar-refractivity contribution is -0.141. The first-order chi connectivity index (χ1) is 19.3. The second-order valence-electron chi connectivity index (χ2n) is 9.90. The molecule has 0 bridgehead atoms. The molecule has 1 unspecified atom stereocenters. The van der Waals surface area contributed by atoms with E-state index in [0.717, 1.165) is 27.7 Å². The van der Waals surface area contributed by atoms with E-state index >= 15 is 0 Å². The zero-order chi connectivity index (χ0) is 29.9. The standard InChI is InChI=1S/C28H31F4N5O3S/c1-18-4-8-22(9-5-18)36-12-14-37(15-13-36)26-21(7-11-25(34-26)28(30,31)32)17-33-27(38)19(2)20-6-10-24(23(29)16-20)35(3)41(39)40/h4-11,16,19,41H,12-15,17H2,1-3H3,(H,33,38). The summed E-state index contributed by atoms with van der Waals surface area (Å²) in [6.45, 7) is 5.52. The summed E-state index contributed by atoms with van der Waals surface area (Å²) < 4.78 is 78.2. The largest absolute Gasteiger partial charge is 0.433 e. The number of nitrogens with one attached hydrogen (secondary N) is 1. The number of aryl methyl sites for hydroxylation is 1. The summed E-state index contributed by atoms with van der Waals surface area (Å²) in [5, 5.41) is 2.72. The lowest BCUT2D eigenvalue weighted by Crippen LogP contribution is -2.47. The van der Waals surface area contributed by atoms with Gasteiger partial charge < -0.3 is 15.1 Å². The smallest absolute Gasteiger partial charge is 0.368 e. The van der Waals surface area contributed by atoms with Crippen molar-refractivity contribution in [1.29, 1.82) is 0 Å². The summed E-state index contributed by atoms with van der Waals surface area (Å²) >= 11 is 0. The molecule has 1 fully saturated rings. The Balaban J connectivity index is 1.48. The van der Waals surface area contributed by atoms with E-state index in [0.29, 0.717) is 37.3 Å². The topological polar surface area (TPSA) is 85.8 Å². The zero-order valence-corrected chi connectivity index (χ0v) is 23.7. The highest BCUT2D eigenvalue weighted by molar-refractivity contribution is 7.74. The third kappa shape index (κ3) is 7.07. The van der Waals surface area contributed by atoms with Crippen molar-refractivity contribution in [2.45, 2.75) is 32.5 Å². The molecular formula is C28H31F4N5O3S. The van der Waals surface area contributed by atoms with Crippen LogP contribution >= 0.6 is 0 Å². The van der Waals surface area contributed by atoms with Crippen LogP contribution in [0.1, 0.15) is 35.2 Å². The Labute approximate surface area is 237 Å². The van der Waals surface area contributed by atoms with Crippen molar-refractivity contribution in [2.24, 2.45) is 0 Å². The number of piperazine rings is 1. The third-order valence-electron chi connectivity index (χ3n) is 7.14. The van der Waals surface area contributed by atoms with Crippen LogP contribution in [0.5, 0.6) is 0 Å². The summed E-state index contributed by atoms with van der Waals surface area (Å²) in [6, 6.07) is 14.1. The molecule has 2 heterocycles. The normalized spacial score (nSPS) is 14.7. The number of benzene rings is 2. The van der Waals surface area contributed by atoms with Crippen LogP contribution in [-0.2, 0) is 28.4 Å². The molecule has 220 valence electrons. The number of carbonyl (C=O) groups is 1. The number of thiol groups is 1. The molecule has 3 aromatic rings. The van der Waals surface area contributed by atoms with Gasteiger partial charge in [0.1, 0.15) is 17.3 Å². The van der Waals surface area contributed by atoms with E-state index in [1.54, 1.807) is 11.8 Å². The fourth-order valence-electron chi connectivity index (χ4n) is 4.61. The molecule has 8 nitrogen and oxygen atoms in total. The minimum absolute atomic E-state index is 0.0816. The van der Waals surface area contributed by atoms with E-state index in [9.17, 15) is 30.8 Å². The molecule has 1 aromatic heterocycles. The molecule has 1 atom stereocenters. The molecule has 2 aromatic carbocycles. The van der Waals surface area contributed by atoms with Crippen LogP contribution in [0.25, 0.3) is 0 Å². The first kappa shape index (κ1) is 30.1. The minimum atomic E-state index is -4.63. The van der Waals surface area contributed by atoms with Crippen molar-refractivity contribution in [3.05, 3.63) is 82.8 Å².